The molecule has 2 unspecified atom stereocenters. The van der Waals surface area contributed by atoms with Crippen LogP contribution in [0.2, 0.25) is 0 Å². The number of nitrogens with one attached hydrogen (secondary N) is 2. The van der Waals surface area contributed by atoms with Crippen LogP contribution in [0.3, 0.4) is 0 Å². The average molecular weight is 348 g/mol. The number of aromatic nitrogens is 2. The first-order valence-electron chi connectivity index (χ1n) is 7.83. The van der Waals surface area contributed by atoms with Crippen molar-refractivity contribution in [1.82, 2.24) is 20.4 Å². The minimum absolute atomic E-state index is 0.0713. The second-order valence-corrected chi connectivity index (χ2v) is 6.99. The molecule has 6 nitrogen and oxygen atoms in total. The molecule has 1 amide bonds. The highest BCUT2D eigenvalue weighted by atomic mass is 19.4. The third-order valence-electron chi connectivity index (χ3n) is 3.71. The maximum Gasteiger partial charge on any atom is 0.407 e. The van der Waals surface area contributed by atoms with Gasteiger partial charge >= 0.3 is 12.3 Å². The third-order valence-corrected chi connectivity index (χ3v) is 3.71. The van der Waals surface area contributed by atoms with E-state index in [0.29, 0.717) is 5.69 Å². The molecule has 2 rings (SSSR count). The number of aromatic amines is 1. The highest BCUT2D eigenvalue weighted by molar-refractivity contribution is 5.68. The molecule has 1 aromatic heterocycles. The fourth-order valence-corrected chi connectivity index (χ4v) is 2.77. The Kier molecular flexibility index (Phi) is 5.42. The molecule has 1 aliphatic rings. The van der Waals surface area contributed by atoms with E-state index in [4.69, 9.17) is 4.74 Å². The predicted octanol–water partition coefficient (Wildman–Crippen LogP) is 2.83. The molecule has 0 radical (unpaired) electrons. The van der Waals surface area contributed by atoms with Crippen LogP contribution in [0.25, 0.3) is 0 Å². The standard InChI is InChI=1S/C15H23F3N4O2/c1-14(2,3)24-13(23)20-10-4-5-12(15(16,17)18)22(8-10)9-11-6-7-19-21-11/h6-7,10,12H,4-5,8-9H2,1-3H3,(H,19,21)(H,20,23). The van der Waals surface area contributed by atoms with Gasteiger partial charge in [-0.05, 0) is 39.7 Å². The lowest BCUT2D eigenvalue weighted by Gasteiger charge is -2.40. The first-order valence-corrected chi connectivity index (χ1v) is 7.83. The maximum atomic E-state index is 13.3. The molecular weight excluding hydrogens is 325 g/mol. The number of rotatable bonds is 3. The number of halogens is 3. The van der Waals surface area contributed by atoms with Crippen molar-refractivity contribution in [2.75, 3.05) is 6.54 Å². The largest absolute Gasteiger partial charge is 0.444 e. The van der Waals surface area contributed by atoms with Gasteiger partial charge in [-0.2, -0.15) is 18.3 Å². The van der Waals surface area contributed by atoms with Crippen LogP contribution in [0.15, 0.2) is 12.3 Å². The Labute approximate surface area is 138 Å². The Hall–Kier alpha value is -1.77. The van der Waals surface area contributed by atoms with E-state index in [1.807, 2.05) is 0 Å². The molecule has 1 fully saturated rings. The lowest BCUT2D eigenvalue weighted by Crippen LogP contribution is -2.56. The van der Waals surface area contributed by atoms with Crippen molar-refractivity contribution in [2.45, 2.75) is 64.0 Å². The van der Waals surface area contributed by atoms with Gasteiger partial charge in [-0.3, -0.25) is 10.00 Å². The zero-order valence-corrected chi connectivity index (χ0v) is 14.0. The summed E-state index contributed by atoms with van der Waals surface area (Å²) in [5.41, 5.74) is -0.0507. The van der Waals surface area contributed by atoms with Crippen molar-refractivity contribution < 1.29 is 22.7 Å². The van der Waals surface area contributed by atoms with Crippen molar-refractivity contribution in [3.05, 3.63) is 18.0 Å². The van der Waals surface area contributed by atoms with Crippen molar-refractivity contribution in [2.24, 2.45) is 0 Å². The molecule has 0 aliphatic carbocycles. The topological polar surface area (TPSA) is 70.2 Å². The molecule has 0 aromatic carbocycles. The Morgan fingerprint density at radius 3 is 2.67 bits per heavy atom. The van der Waals surface area contributed by atoms with Gasteiger partial charge in [0, 0.05) is 31.0 Å². The number of hydrogen-bond donors (Lipinski definition) is 2. The summed E-state index contributed by atoms with van der Waals surface area (Å²) in [4.78, 5) is 13.2. The second-order valence-electron chi connectivity index (χ2n) is 6.99. The number of carbonyl (C=O) groups excluding carboxylic acids is 1. The summed E-state index contributed by atoms with van der Waals surface area (Å²) in [6, 6.07) is -0.280. The number of nitrogens with zero attached hydrogens (tertiary/aromatic N) is 2. The van der Waals surface area contributed by atoms with Gasteiger partial charge in [-0.1, -0.05) is 0 Å². The number of alkyl carbamates (subject to hydrolysis) is 1. The molecule has 0 bridgehead atoms. The average Bonchev–Trinajstić information content (AvgIpc) is 2.87. The number of ether oxygens (including phenoxy) is 1. The smallest absolute Gasteiger partial charge is 0.407 e. The number of hydrogen-bond acceptors (Lipinski definition) is 4. The lowest BCUT2D eigenvalue weighted by molar-refractivity contribution is -0.194. The summed E-state index contributed by atoms with van der Waals surface area (Å²) < 4.78 is 44.9. The van der Waals surface area contributed by atoms with Crippen molar-refractivity contribution in [3.63, 3.8) is 0 Å². The van der Waals surface area contributed by atoms with Crippen LogP contribution in [0.5, 0.6) is 0 Å². The molecule has 0 saturated carbocycles. The first kappa shape index (κ1) is 18.6. The van der Waals surface area contributed by atoms with E-state index in [-0.39, 0.29) is 32.0 Å². The van der Waals surface area contributed by atoms with Crippen LogP contribution in [-0.4, -0.2) is 51.6 Å². The van der Waals surface area contributed by atoms with E-state index in [9.17, 15) is 18.0 Å². The molecule has 2 heterocycles. The van der Waals surface area contributed by atoms with Gasteiger partial charge in [-0.25, -0.2) is 4.79 Å². The minimum Gasteiger partial charge on any atom is -0.444 e. The van der Waals surface area contributed by atoms with Crippen molar-refractivity contribution in [1.29, 1.82) is 0 Å². The Balaban J connectivity index is 2.01. The quantitative estimate of drug-likeness (QED) is 0.881. The summed E-state index contributed by atoms with van der Waals surface area (Å²) in [7, 11) is 0. The number of carbonyl (C=O) groups is 1. The van der Waals surface area contributed by atoms with Gasteiger partial charge in [0.2, 0.25) is 0 Å². The minimum atomic E-state index is -4.31. The molecule has 2 N–H and O–H groups in total. The summed E-state index contributed by atoms with van der Waals surface area (Å²) in [6.07, 6.45) is -3.24. The fraction of sp³-hybridized carbons (Fsp3) is 0.733. The van der Waals surface area contributed by atoms with Gasteiger partial charge < -0.3 is 10.1 Å². The van der Waals surface area contributed by atoms with Crippen LogP contribution in [-0.2, 0) is 11.3 Å². The van der Waals surface area contributed by atoms with Crippen LogP contribution in [0.4, 0.5) is 18.0 Å². The van der Waals surface area contributed by atoms with E-state index >= 15 is 0 Å². The zero-order valence-electron chi connectivity index (χ0n) is 14.0. The monoisotopic (exact) mass is 348 g/mol. The molecule has 0 spiro atoms. The normalized spacial score (nSPS) is 23.1. The molecule has 1 aromatic rings. The lowest BCUT2D eigenvalue weighted by atomic mass is 9.97. The molecule has 136 valence electrons. The van der Waals surface area contributed by atoms with Gasteiger partial charge in [0.1, 0.15) is 11.6 Å². The van der Waals surface area contributed by atoms with Gasteiger partial charge in [0.25, 0.3) is 0 Å². The number of piperidine rings is 1. The molecule has 2 atom stereocenters. The van der Waals surface area contributed by atoms with Crippen LogP contribution in [0, 0.1) is 0 Å². The molecular formula is C15H23F3N4O2. The van der Waals surface area contributed by atoms with Crippen molar-refractivity contribution >= 4 is 6.09 Å². The number of H-pyrrole nitrogens is 1. The first-order chi connectivity index (χ1) is 11.0. The Morgan fingerprint density at radius 2 is 2.12 bits per heavy atom. The Morgan fingerprint density at radius 1 is 1.42 bits per heavy atom. The summed E-state index contributed by atoms with van der Waals surface area (Å²) in [6.45, 7) is 5.39. The van der Waals surface area contributed by atoms with E-state index < -0.39 is 23.9 Å². The van der Waals surface area contributed by atoms with Gasteiger partial charge in [-0.15, -0.1) is 0 Å². The van der Waals surface area contributed by atoms with Gasteiger partial charge in [0.05, 0.1) is 0 Å². The third kappa shape index (κ3) is 5.40. The van der Waals surface area contributed by atoms with Gasteiger partial charge in [0.15, 0.2) is 0 Å². The predicted molar refractivity (Wildman–Crippen MR) is 81.2 cm³/mol. The van der Waals surface area contributed by atoms with E-state index in [1.54, 1.807) is 26.8 Å². The van der Waals surface area contributed by atoms with Crippen LogP contribution >= 0.6 is 0 Å². The molecule has 9 heteroatoms. The highest BCUT2D eigenvalue weighted by Crippen LogP contribution is 2.32. The van der Waals surface area contributed by atoms with E-state index in [0.717, 1.165) is 0 Å². The van der Waals surface area contributed by atoms with Crippen molar-refractivity contribution in [3.8, 4) is 0 Å². The van der Waals surface area contributed by atoms with Crippen LogP contribution in [0.1, 0.15) is 39.3 Å². The fourth-order valence-electron chi connectivity index (χ4n) is 2.77. The summed E-state index contributed by atoms with van der Waals surface area (Å²) in [5, 5.41) is 9.09. The van der Waals surface area contributed by atoms with E-state index in [1.165, 1.54) is 11.1 Å². The maximum absolute atomic E-state index is 13.3. The Bertz CT molecular complexity index is 540. The second kappa shape index (κ2) is 7.00. The molecule has 1 saturated heterocycles. The number of alkyl halides is 3. The number of likely N-dealkylation sites (tertiary alicyclic amines) is 1. The van der Waals surface area contributed by atoms with Crippen LogP contribution < -0.4 is 5.32 Å². The number of amides is 1. The molecule has 1 aliphatic heterocycles. The SMILES string of the molecule is CC(C)(C)OC(=O)NC1CCC(C(F)(F)F)N(Cc2ccn[nH]2)C1. The summed E-state index contributed by atoms with van der Waals surface area (Å²) >= 11 is 0. The summed E-state index contributed by atoms with van der Waals surface area (Å²) in [5.74, 6) is 0. The zero-order chi connectivity index (χ0) is 18.0. The van der Waals surface area contributed by atoms with E-state index in [2.05, 4.69) is 15.5 Å². The molecule has 24 heavy (non-hydrogen) atoms. The highest BCUT2D eigenvalue weighted by Gasteiger charge is 2.46.